The third-order valence-corrected chi connectivity index (χ3v) is 5.18. The largest absolute Gasteiger partial charge is 0.495 e. The van der Waals surface area contributed by atoms with Crippen LogP contribution in [0.2, 0.25) is 0 Å². The van der Waals surface area contributed by atoms with Crippen molar-refractivity contribution in [3.63, 3.8) is 0 Å². The van der Waals surface area contributed by atoms with Crippen molar-refractivity contribution < 1.29 is 14.3 Å². The second-order valence-electron chi connectivity index (χ2n) is 5.32. The zero-order valence-electron chi connectivity index (χ0n) is 14.0. The van der Waals surface area contributed by atoms with E-state index >= 15 is 0 Å². The van der Waals surface area contributed by atoms with Gasteiger partial charge in [0.15, 0.2) is 5.13 Å². The van der Waals surface area contributed by atoms with Crippen LogP contribution in [0.1, 0.15) is 21.8 Å². The second-order valence-corrected chi connectivity index (χ2v) is 7.13. The van der Waals surface area contributed by atoms with Crippen molar-refractivity contribution in [1.82, 2.24) is 4.98 Å². The lowest BCUT2D eigenvalue weighted by molar-refractivity contribution is -0.116. The van der Waals surface area contributed by atoms with Gasteiger partial charge in [-0.05, 0) is 30.0 Å². The quantitative estimate of drug-likeness (QED) is 0.641. The van der Waals surface area contributed by atoms with Crippen molar-refractivity contribution in [3.8, 4) is 5.75 Å². The van der Waals surface area contributed by atoms with Crippen LogP contribution in [-0.4, -0.2) is 23.9 Å². The number of carbonyl (C=O) groups is 2. The highest BCUT2D eigenvalue weighted by Gasteiger charge is 2.11. The molecule has 3 rings (SSSR count). The summed E-state index contributed by atoms with van der Waals surface area (Å²) >= 11 is 2.72. The summed E-state index contributed by atoms with van der Waals surface area (Å²) in [5.74, 6) is 0.328. The molecule has 2 amide bonds. The molecular weight excluding hydrogens is 370 g/mol. The summed E-state index contributed by atoms with van der Waals surface area (Å²) in [7, 11) is 1.56. The van der Waals surface area contributed by atoms with Crippen LogP contribution in [0.15, 0.2) is 47.2 Å². The van der Waals surface area contributed by atoms with Gasteiger partial charge in [-0.15, -0.1) is 22.7 Å². The second kappa shape index (κ2) is 8.59. The number of aromatic nitrogens is 1. The molecule has 2 N–H and O–H groups in total. The minimum Gasteiger partial charge on any atom is -0.495 e. The molecule has 0 fully saturated rings. The fourth-order valence-corrected chi connectivity index (χ4v) is 3.61. The molecule has 26 heavy (non-hydrogen) atoms. The molecule has 1 aromatic carbocycles. The van der Waals surface area contributed by atoms with E-state index in [1.54, 1.807) is 25.3 Å². The molecule has 0 saturated heterocycles. The van der Waals surface area contributed by atoms with Crippen LogP contribution in [0.3, 0.4) is 0 Å². The zero-order valence-corrected chi connectivity index (χ0v) is 15.7. The smallest absolute Gasteiger partial charge is 0.267 e. The fourth-order valence-electron chi connectivity index (χ4n) is 2.25. The van der Waals surface area contributed by atoms with Gasteiger partial charge in [0.25, 0.3) is 5.91 Å². The first-order chi connectivity index (χ1) is 12.7. The molecule has 134 valence electrons. The number of para-hydroxylation sites is 2. The number of thiazole rings is 1. The maximum absolute atomic E-state index is 12.1. The minimum atomic E-state index is -0.171. The number of rotatable bonds is 7. The molecule has 0 aliphatic rings. The summed E-state index contributed by atoms with van der Waals surface area (Å²) in [4.78, 5) is 29.1. The lowest BCUT2D eigenvalue weighted by Gasteiger charge is -2.09. The molecule has 0 unspecified atom stereocenters. The monoisotopic (exact) mass is 387 g/mol. The summed E-state index contributed by atoms with van der Waals surface area (Å²) < 4.78 is 5.22. The Hall–Kier alpha value is -2.71. The van der Waals surface area contributed by atoms with Crippen LogP contribution >= 0.6 is 22.7 Å². The topological polar surface area (TPSA) is 80.3 Å². The van der Waals surface area contributed by atoms with Gasteiger partial charge in [-0.3, -0.25) is 14.9 Å². The van der Waals surface area contributed by atoms with Crippen molar-refractivity contribution in [2.24, 2.45) is 0 Å². The Bertz CT molecular complexity index is 891. The van der Waals surface area contributed by atoms with Gasteiger partial charge in [-0.1, -0.05) is 18.2 Å². The molecule has 0 spiro atoms. The number of methoxy groups -OCH3 is 1. The zero-order chi connectivity index (χ0) is 18.4. The maximum atomic E-state index is 12.1. The molecule has 0 atom stereocenters. The number of benzene rings is 1. The van der Waals surface area contributed by atoms with Gasteiger partial charge in [-0.2, -0.15) is 0 Å². The molecule has 0 aliphatic heterocycles. The van der Waals surface area contributed by atoms with E-state index in [4.69, 9.17) is 4.74 Å². The van der Waals surface area contributed by atoms with Crippen molar-refractivity contribution in [3.05, 3.63) is 57.7 Å². The highest BCUT2D eigenvalue weighted by molar-refractivity contribution is 7.14. The van der Waals surface area contributed by atoms with Gasteiger partial charge in [0.1, 0.15) is 5.75 Å². The number of thiophene rings is 1. The van der Waals surface area contributed by atoms with Gasteiger partial charge in [0, 0.05) is 11.8 Å². The Kier molecular flexibility index (Phi) is 5.98. The highest BCUT2D eigenvalue weighted by atomic mass is 32.1. The molecule has 0 radical (unpaired) electrons. The van der Waals surface area contributed by atoms with Gasteiger partial charge < -0.3 is 10.1 Å². The van der Waals surface area contributed by atoms with Gasteiger partial charge in [0.2, 0.25) is 5.91 Å². The SMILES string of the molecule is COc1ccccc1NC(=O)CCc1csc(NC(=O)c2cccs2)n1. The Morgan fingerprint density at radius 3 is 2.73 bits per heavy atom. The van der Waals surface area contributed by atoms with Crippen molar-refractivity contribution >= 4 is 45.3 Å². The number of amides is 2. The van der Waals surface area contributed by atoms with E-state index in [1.165, 1.54) is 22.7 Å². The first-order valence-corrected chi connectivity index (χ1v) is 9.64. The normalized spacial score (nSPS) is 10.3. The molecule has 3 aromatic rings. The number of nitrogens with one attached hydrogen (secondary N) is 2. The molecule has 0 saturated carbocycles. The molecular formula is C18H17N3O3S2. The molecule has 8 heteroatoms. The minimum absolute atomic E-state index is 0.119. The average Bonchev–Trinajstić information content (AvgIpc) is 3.32. The third kappa shape index (κ3) is 4.68. The number of carbonyl (C=O) groups excluding carboxylic acids is 2. The van der Waals surface area contributed by atoms with Crippen molar-refractivity contribution in [2.75, 3.05) is 17.7 Å². The van der Waals surface area contributed by atoms with E-state index in [2.05, 4.69) is 15.6 Å². The first kappa shape index (κ1) is 18.1. The molecule has 2 aromatic heterocycles. The Morgan fingerprint density at radius 2 is 1.96 bits per heavy atom. The number of anilines is 2. The van der Waals surface area contributed by atoms with Gasteiger partial charge in [-0.25, -0.2) is 4.98 Å². The summed E-state index contributed by atoms with van der Waals surface area (Å²) in [6.45, 7) is 0. The lowest BCUT2D eigenvalue weighted by atomic mass is 10.2. The van der Waals surface area contributed by atoms with E-state index in [9.17, 15) is 9.59 Å². The number of ether oxygens (including phenoxy) is 1. The molecule has 0 bridgehead atoms. The standard InChI is InChI=1S/C18H17N3O3S2/c1-24-14-6-3-2-5-13(14)20-16(22)9-8-12-11-26-18(19-12)21-17(23)15-7-4-10-25-15/h2-7,10-11H,8-9H2,1H3,(H,20,22)(H,19,21,23). The predicted octanol–water partition coefficient (Wildman–Crippen LogP) is 4.04. The van der Waals surface area contributed by atoms with Crippen LogP contribution in [0.5, 0.6) is 5.75 Å². The van der Waals surface area contributed by atoms with Crippen LogP contribution in [0, 0.1) is 0 Å². The van der Waals surface area contributed by atoms with Gasteiger partial charge in [0.05, 0.1) is 23.4 Å². The van der Waals surface area contributed by atoms with E-state index in [1.807, 2.05) is 29.0 Å². The van der Waals surface area contributed by atoms with E-state index < -0.39 is 0 Å². The van der Waals surface area contributed by atoms with E-state index in [0.717, 1.165) is 5.69 Å². The Balaban J connectivity index is 1.51. The lowest BCUT2D eigenvalue weighted by Crippen LogP contribution is -2.13. The van der Waals surface area contributed by atoms with Crippen LogP contribution in [0.4, 0.5) is 10.8 Å². The summed E-state index contributed by atoms with van der Waals surface area (Å²) in [5.41, 5.74) is 1.41. The summed E-state index contributed by atoms with van der Waals surface area (Å²) in [6, 6.07) is 10.8. The van der Waals surface area contributed by atoms with Crippen molar-refractivity contribution in [1.29, 1.82) is 0 Å². The molecule has 6 nitrogen and oxygen atoms in total. The van der Waals surface area contributed by atoms with Crippen molar-refractivity contribution in [2.45, 2.75) is 12.8 Å². The number of aryl methyl sites for hydroxylation is 1. The Morgan fingerprint density at radius 1 is 1.12 bits per heavy atom. The van der Waals surface area contributed by atoms with Crippen LogP contribution < -0.4 is 15.4 Å². The number of nitrogens with zero attached hydrogens (tertiary/aromatic N) is 1. The predicted molar refractivity (Wildman–Crippen MR) is 104 cm³/mol. The first-order valence-electron chi connectivity index (χ1n) is 7.88. The van der Waals surface area contributed by atoms with Crippen LogP contribution in [-0.2, 0) is 11.2 Å². The third-order valence-electron chi connectivity index (χ3n) is 3.51. The maximum Gasteiger partial charge on any atom is 0.267 e. The molecule has 2 heterocycles. The van der Waals surface area contributed by atoms with Crippen LogP contribution in [0.25, 0.3) is 0 Å². The molecule has 0 aliphatic carbocycles. The summed E-state index contributed by atoms with van der Waals surface area (Å²) in [6.07, 6.45) is 0.784. The number of hydrogen-bond acceptors (Lipinski definition) is 6. The fraction of sp³-hybridized carbons (Fsp3) is 0.167. The summed E-state index contributed by atoms with van der Waals surface area (Å²) in [5, 5.41) is 9.83. The average molecular weight is 387 g/mol. The number of hydrogen-bond donors (Lipinski definition) is 2. The van der Waals surface area contributed by atoms with Gasteiger partial charge >= 0.3 is 0 Å². The Labute approximate surface area is 158 Å². The highest BCUT2D eigenvalue weighted by Crippen LogP contribution is 2.23. The van der Waals surface area contributed by atoms with E-state index in [-0.39, 0.29) is 11.8 Å². The van der Waals surface area contributed by atoms with E-state index in [0.29, 0.717) is 34.3 Å².